The fourth-order valence-corrected chi connectivity index (χ4v) is 3.68. The number of nitrogens with two attached hydrogens (primary N) is 1. The Morgan fingerprint density at radius 1 is 1.29 bits per heavy atom. The molecule has 0 fully saturated rings. The summed E-state index contributed by atoms with van der Waals surface area (Å²) >= 11 is 5.37. The zero-order valence-electron chi connectivity index (χ0n) is 10.2. The lowest BCUT2D eigenvalue weighted by Crippen LogP contribution is -2.10. The van der Waals surface area contributed by atoms with Crippen molar-refractivity contribution in [3.05, 3.63) is 33.6 Å². The van der Waals surface area contributed by atoms with Crippen LogP contribution >= 0.6 is 27.3 Å². The van der Waals surface area contributed by atoms with Crippen LogP contribution in [0.5, 0.6) is 0 Å². The Hall–Kier alpha value is -0.380. The molecule has 0 aliphatic heterocycles. The molecule has 17 heavy (non-hydrogen) atoms. The quantitative estimate of drug-likeness (QED) is 0.835. The molecular weight excluding hydrogens is 294 g/mol. The Balaban J connectivity index is 2.27. The van der Waals surface area contributed by atoms with Crippen LogP contribution in [0.25, 0.3) is 10.1 Å². The molecule has 1 aromatic heterocycles. The summed E-state index contributed by atoms with van der Waals surface area (Å²) in [5.41, 5.74) is 7.59. The first-order valence-corrected chi connectivity index (χ1v) is 7.68. The molecule has 1 heterocycles. The first kappa shape index (κ1) is 13.1. The number of fused-ring (bicyclic) bond motifs is 1. The molecule has 0 aliphatic carbocycles. The van der Waals surface area contributed by atoms with Crippen LogP contribution in [0.3, 0.4) is 0 Å². The van der Waals surface area contributed by atoms with Gasteiger partial charge in [-0.05, 0) is 57.1 Å². The zero-order valence-corrected chi connectivity index (χ0v) is 12.6. The maximum Gasteiger partial charge on any atom is 0.0488 e. The average molecular weight is 312 g/mol. The molecule has 1 unspecified atom stereocenters. The molecule has 1 aromatic carbocycles. The van der Waals surface area contributed by atoms with Crippen LogP contribution < -0.4 is 5.73 Å². The molecular formula is C14H18BrNS. The Morgan fingerprint density at radius 2 is 2.06 bits per heavy atom. The van der Waals surface area contributed by atoms with Crippen LogP contribution in [0, 0.1) is 5.92 Å². The van der Waals surface area contributed by atoms with Gasteiger partial charge in [0.25, 0.3) is 0 Å². The molecule has 0 radical (unpaired) electrons. The van der Waals surface area contributed by atoms with Gasteiger partial charge < -0.3 is 5.73 Å². The topological polar surface area (TPSA) is 26.0 Å². The van der Waals surface area contributed by atoms with Crippen molar-refractivity contribution in [2.24, 2.45) is 11.7 Å². The highest BCUT2D eigenvalue weighted by Crippen LogP contribution is 2.35. The van der Waals surface area contributed by atoms with Gasteiger partial charge in [-0.15, -0.1) is 11.3 Å². The SMILES string of the molecule is CC(C)CCC(N)c1csc2c(Br)cccc12. The van der Waals surface area contributed by atoms with Crippen LogP contribution in [0.1, 0.15) is 38.3 Å². The molecule has 0 amide bonds. The number of hydrogen-bond donors (Lipinski definition) is 1. The summed E-state index contributed by atoms with van der Waals surface area (Å²) in [6, 6.07) is 6.50. The summed E-state index contributed by atoms with van der Waals surface area (Å²) in [5, 5.41) is 3.51. The maximum atomic E-state index is 6.30. The van der Waals surface area contributed by atoms with Gasteiger partial charge in [-0.2, -0.15) is 0 Å². The van der Waals surface area contributed by atoms with Crippen molar-refractivity contribution in [1.29, 1.82) is 0 Å². The number of rotatable bonds is 4. The maximum absolute atomic E-state index is 6.30. The van der Waals surface area contributed by atoms with Gasteiger partial charge in [-0.1, -0.05) is 26.0 Å². The van der Waals surface area contributed by atoms with Crippen molar-refractivity contribution in [3.63, 3.8) is 0 Å². The van der Waals surface area contributed by atoms with Crippen LogP contribution in [0.15, 0.2) is 28.1 Å². The van der Waals surface area contributed by atoms with Crippen LogP contribution in [0.4, 0.5) is 0 Å². The second-order valence-corrected chi connectivity index (χ2v) is 6.62. The van der Waals surface area contributed by atoms with Gasteiger partial charge in [0, 0.05) is 15.2 Å². The minimum absolute atomic E-state index is 0.167. The normalized spacial score (nSPS) is 13.5. The van der Waals surface area contributed by atoms with E-state index in [1.165, 1.54) is 26.5 Å². The van der Waals surface area contributed by atoms with Crippen molar-refractivity contribution >= 4 is 37.4 Å². The third-order valence-electron chi connectivity index (χ3n) is 3.04. The van der Waals surface area contributed by atoms with Gasteiger partial charge in [0.05, 0.1) is 0 Å². The molecule has 0 aliphatic rings. The summed E-state index contributed by atoms with van der Waals surface area (Å²) in [4.78, 5) is 0. The van der Waals surface area contributed by atoms with Crippen molar-refractivity contribution < 1.29 is 0 Å². The van der Waals surface area contributed by atoms with Gasteiger partial charge in [0.1, 0.15) is 0 Å². The van der Waals surface area contributed by atoms with E-state index in [2.05, 4.69) is 53.4 Å². The predicted octanol–water partition coefficient (Wildman–Crippen LogP) is 5.10. The Bertz CT molecular complexity index is 504. The molecule has 92 valence electrons. The minimum Gasteiger partial charge on any atom is -0.324 e. The molecule has 0 bridgehead atoms. The van der Waals surface area contributed by atoms with Crippen molar-refractivity contribution in [1.82, 2.24) is 0 Å². The van der Waals surface area contributed by atoms with E-state index in [0.29, 0.717) is 0 Å². The standard InChI is InChI=1S/C14H18BrNS/c1-9(2)6-7-13(16)11-8-17-14-10(11)4-3-5-12(14)15/h3-5,8-9,13H,6-7,16H2,1-2H3. The van der Waals surface area contributed by atoms with E-state index < -0.39 is 0 Å². The molecule has 1 atom stereocenters. The smallest absolute Gasteiger partial charge is 0.0488 e. The van der Waals surface area contributed by atoms with Crippen molar-refractivity contribution in [2.45, 2.75) is 32.7 Å². The minimum atomic E-state index is 0.167. The fourth-order valence-electron chi connectivity index (χ4n) is 2.00. The molecule has 2 aromatic rings. The number of thiophene rings is 1. The second-order valence-electron chi connectivity index (χ2n) is 4.89. The highest BCUT2D eigenvalue weighted by atomic mass is 79.9. The summed E-state index contributed by atoms with van der Waals surface area (Å²) in [6.07, 6.45) is 2.25. The van der Waals surface area contributed by atoms with E-state index in [0.717, 1.165) is 12.3 Å². The first-order valence-electron chi connectivity index (χ1n) is 6.00. The molecule has 3 heteroatoms. The molecule has 0 spiro atoms. The van der Waals surface area contributed by atoms with E-state index in [-0.39, 0.29) is 6.04 Å². The van der Waals surface area contributed by atoms with Crippen molar-refractivity contribution in [3.8, 4) is 0 Å². The highest BCUT2D eigenvalue weighted by molar-refractivity contribution is 9.10. The lowest BCUT2D eigenvalue weighted by Gasteiger charge is -2.12. The molecule has 0 saturated heterocycles. The van der Waals surface area contributed by atoms with Gasteiger partial charge in [0.2, 0.25) is 0 Å². The van der Waals surface area contributed by atoms with Gasteiger partial charge in [-0.25, -0.2) is 0 Å². The summed E-state index contributed by atoms with van der Waals surface area (Å²) in [5.74, 6) is 0.720. The fraction of sp³-hybridized carbons (Fsp3) is 0.429. The Morgan fingerprint density at radius 3 is 2.76 bits per heavy atom. The third kappa shape index (κ3) is 2.90. The number of benzene rings is 1. The largest absolute Gasteiger partial charge is 0.324 e. The Labute approximate surface area is 115 Å². The van der Waals surface area contributed by atoms with E-state index in [1.807, 2.05) is 0 Å². The molecule has 1 nitrogen and oxygen atoms in total. The van der Waals surface area contributed by atoms with Gasteiger partial charge in [0.15, 0.2) is 0 Å². The van der Waals surface area contributed by atoms with Crippen LogP contribution in [0.2, 0.25) is 0 Å². The van der Waals surface area contributed by atoms with Crippen LogP contribution in [-0.4, -0.2) is 0 Å². The Kier molecular flexibility index (Phi) is 4.23. The van der Waals surface area contributed by atoms with E-state index in [4.69, 9.17) is 5.73 Å². The van der Waals surface area contributed by atoms with Gasteiger partial charge >= 0.3 is 0 Å². The second kappa shape index (κ2) is 5.51. The molecule has 0 saturated carbocycles. The molecule has 2 rings (SSSR count). The monoisotopic (exact) mass is 311 g/mol. The van der Waals surface area contributed by atoms with E-state index in [1.54, 1.807) is 11.3 Å². The van der Waals surface area contributed by atoms with Gasteiger partial charge in [-0.3, -0.25) is 0 Å². The third-order valence-corrected chi connectivity index (χ3v) is 5.01. The first-order chi connectivity index (χ1) is 8.09. The summed E-state index contributed by atoms with van der Waals surface area (Å²) < 4.78 is 2.48. The number of halogens is 1. The lowest BCUT2D eigenvalue weighted by atomic mass is 9.98. The van der Waals surface area contributed by atoms with E-state index >= 15 is 0 Å². The number of hydrogen-bond acceptors (Lipinski definition) is 2. The van der Waals surface area contributed by atoms with E-state index in [9.17, 15) is 0 Å². The zero-order chi connectivity index (χ0) is 12.4. The summed E-state index contributed by atoms with van der Waals surface area (Å²) in [6.45, 7) is 4.49. The van der Waals surface area contributed by atoms with Crippen molar-refractivity contribution in [2.75, 3.05) is 0 Å². The highest BCUT2D eigenvalue weighted by Gasteiger charge is 2.13. The van der Waals surface area contributed by atoms with Crippen LogP contribution in [-0.2, 0) is 0 Å². The lowest BCUT2D eigenvalue weighted by molar-refractivity contribution is 0.509. The molecule has 2 N–H and O–H groups in total. The average Bonchev–Trinajstić information content (AvgIpc) is 2.71. The summed E-state index contributed by atoms with van der Waals surface area (Å²) in [7, 11) is 0. The predicted molar refractivity (Wildman–Crippen MR) is 80.5 cm³/mol.